The van der Waals surface area contributed by atoms with E-state index in [1.54, 1.807) is 22.7 Å². The van der Waals surface area contributed by atoms with Crippen molar-refractivity contribution in [3.63, 3.8) is 0 Å². The van der Waals surface area contributed by atoms with Crippen molar-refractivity contribution < 1.29 is 4.39 Å². The SMILES string of the molecule is Fc1ccccc1-c1nnc2ccc(NC3CCN(C4CCCC4)C3)nn12. The van der Waals surface area contributed by atoms with Crippen LogP contribution in [0.3, 0.4) is 0 Å². The molecule has 3 aromatic rings. The minimum Gasteiger partial charge on any atom is -0.365 e. The van der Waals surface area contributed by atoms with Crippen LogP contribution in [0.4, 0.5) is 10.2 Å². The second-order valence-corrected chi connectivity index (χ2v) is 7.56. The number of hydrogen-bond acceptors (Lipinski definition) is 5. The van der Waals surface area contributed by atoms with E-state index in [4.69, 9.17) is 0 Å². The summed E-state index contributed by atoms with van der Waals surface area (Å²) in [5, 5.41) is 16.4. The van der Waals surface area contributed by atoms with Crippen molar-refractivity contribution >= 4 is 11.5 Å². The first-order chi connectivity index (χ1) is 13.3. The van der Waals surface area contributed by atoms with Crippen LogP contribution < -0.4 is 5.32 Å². The number of halogens is 1. The van der Waals surface area contributed by atoms with Crippen molar-refractivity contribution in [2.75, 3.05) is 18.4 Å². The van der Waals surface area contributed by atoms with Gasteiger partial charge in [0.1, 0.15) is 11.6 Å². The molecule has 140 valence electrons. The number of benzene rings is 1. The van der Waals surface area contributed by atoms with Gasteiger partial charge in [0.05, 0.1) is 5.56 Å². The monoisotopic (exact) mass is 366 g/mol. The normalized spacial score (nSPS) is 21.3. The Labute approximate surface area is 157 Å². The van der Waals surface area contributed by atoms with E-state index in [9.17, 15) is 4.39 Å². The van der Waals surface area contributed by atoms with Crippen LogP contribution in [0.1, 0.15) is 32.1 Å². The molecule has 0 amide bonds. The van der Waals surface area contributed by atoms with Gasteiger partial charge >= 0.3 is 0 Å². The highest BCUT2D eigenvalue weighted by molar-refractivity contribution is 5.60. The van der Waals surface area contributed by atoms with Gasteiger partial charge in [-0.15, -0.1) is 15.3 Å². The topological polar surface area (TPSA) is 58.4 Å². The van der Waals surface area contributed by atoms with E-state index < -0.39 is 0 Å². The number of hydrogen-bond donors (Lipinski definition) is 1. The van der Waals surface area contributed by atoms with Crippen molar-refractivity contribution in [3.8, 4) is 11.4 Å². The number of anilines is 1. The zero-order chi connectivity index (χ0) is 18.2. The van der Waals surface area contributed by atoms with E-state index >= 15 is 0 Å². The number of nitrogens with one attached hydrogen (secondary N) is 1. The molecular weight excluding hydrogens is 343 g/mol. The van der Waals surface area contributed by atoms with Crippen LogP contribution in [0.25, 0.3) is 17.0 Å². The van der Waals surface area contributed by atoms with Crippen LogP contribution >= 0.6 is 0 Å². The predicted molar refractivity (Wildman–Crippen MR) is 102 cm³/mol. The Kier molecular flexibility index (Phi) is 4.24. The second kappa shape index (κ2) is 6.88. The Bertz CT molecular complexity index is 949. The molecule has 1 aliphatic carbocycles. The zero-order valence-electron chi connectivity index (χ0n) is 15.2. The van der Waals surface area contributed by atoms with Gasteiger partial charge in [0.2, 0.25) is 0 Å². The summed E-state index contributed by atoms with van der Waals surface area (Å²) in [5.74, 6) is 0.874. The summed E-state index contributed by atoms with van der Waals surface area (Å²) in [6, 6.07) is 11.5. The molecule has 0 spiro atoms. The Morgan fingerprint density at radius 2 is 1.85 bits per heavy atom. The molecule has 1 atom stereocenters. The summed E-state index contributed by atoms with van der Waals surface area (Å²) in [5.41, 5.74) is 1.01. The molecule has 7 heteroatoms. The predicted octanol–water partition coefficient (Wildman–Crippen LogP) is 3.36. The van der Waals surface area contributed by atoms with Crippen LogP contribution in [0.5, 0.6) is 0 Å². The van der Waals surface area contributed by atoms with Crippen molar-refractivity contribution in [3.05, 3.63) is 42.2 Å². The molecule has 1 aliphatic heterocycles. The molecule has 5 rings (SSSR count). The molecule has 2 fully saturated rings. The van der Waals surface area contributed by atoms with Gasteiger partial charge < -0.3 is 5.32 Å². The van der Waals surface area contributed by atoms with E-state index in [2.05, 4.69) is 25.5 Å². The highest BCUT2D eigenvalue weighted by Crippen LogP contribution is 2.27. The van der Waals surface area contributed by atoms with Crippen LogP contribution in [-0.2, 0) is 0 Å². The maximum atomic E-state index is 14.2. The Morgan fingerprint density at radius 3 is 2.70 bits per heavy atom. The summed E-state index contributed by atoms with van der Waals surface area (Å²) >= 11 is 0. The third kappa shape index (κ3) is 3.16. The van der Waals surface area contributed by atoms with Gasteiger partial charge in [-0.25, -0.2) is 4.39 Å². The molecule has 2 aromatic heterocycles. The van der Waals surface area contributed by atoms with Crippen LogP contribution in [0.2, 0.25) is 0 Å². The van der Waals surface area contributed by atoms with Gasteiger partial charge in [0.15, 0.2) is 11.5 Å². The summed E-state index contributed by atoms with van der Waals surface area (Å²) in [6.45, 7) is 2.21. The number of nitrogens with zero attached hydrogens (tertiary/aromatic N) is 5. The van der Waals surface area contributed by atoms with Crippen LogP contribution in [0, 0.1) is 5.82 Å². The summed E-state index contributed by atoms with van der Waals surface area (Å²) in [6.07, 6.45) is 6.53. The molecule has 1 unspecified atom stereocenters. The fourth-order valence-corrected chi connectivity index (χ4v) is 4.39. The summed E-state index contributed by atoms with van der Waals surface area (Å²) < 4.78 is 15.8. The lowest BCUT2D eigenvalue weighted by atomic mass is 10.2. The van der Waals surface area contributed by atoms with Crippen LogP contribution in [0.15, 0.2) is 36.4 Å². The largest absolute Gasteiger partial charge is 0.365 e. The van der Waals surface area contributed by atoms with Gasteiger partial charge in [-0.3, -0.25) is 4.90 Å². The van der Waals surface area contributed by atoms with E-state index in [0.717, 1.165) is 31.4 Å². The van der Waals surface area contributed by atoms with Crippen LogP contribution in [-0.4, -0.2) is 49.9 Å². The van der Waals surface area contributed by atoms with Crippen molar-refractivity contribution in [2.45, 2.75) is 44.2 Å². The maximum absolute atomic E-state index is 14.2. The maximum Gasteiger partial charge on any atom is 0.188 e. The first-order valence-corrected chi connectivity index (χ1v) is 9.76. The lowest BCUT2D eigenvalue weighted by Crippen LogP contribution is -2.33. The fraction of sp³-hybridized carbons (Fsp3) is 0.450. The number of fused-ring (bicyclic) bond motifs is 1. The fourth-order valence-electron chi connectivity index (χ4n) is 4.39. The molecule has 27 heavy (non-hydrogen) atoms. The zero-order valence-corrected chi connectivity index (χ0v) is 15.2. The summed E-state index contributed by atoms with van der Waals surface area (Å²) in [4.78, 5) is 2.62. The molecule has 1 N–H and O–H groups in total. The first kappa shape index (κ1) is 16.6. The molecule has 2 aliphatic rings. The Hall–Kier alpha value is -2.54. The van der Waals surface area contributed by atoms with E-state index in [1.807, 2.05) is 12.1 Å². The molecule has 0 bridgehead atoms. The Morgan fingerprint density at radius 1 is 1.00 bits per heavy atom. The van der Waals surface area contributed by atoms with Crippen molar-refractivity contribution in [2.24, 2.45) is 0 Å². The Balaban J connectivity index is 1.37. The molecule has 0 radical (unpaired) electrons. The van der Waals surface area contributed by atoms with Gasteiger partial charge in [0, 0.05) is 25.2 Å². The van der Waals surface area contributed by atoms with Crippen molar-refractivity contribution in [1.29, 1.82) is 0 Å². The third-order valence-corrected chi connectivity index (χ3v) is 5.79. The lowest BCUT2D eigenvalue weighted by molar-refractivity contribution is 0.245. The minimum atomic E-state index is -0.324. The quantitative estimate of drug-likeness (QED) is 0.767. The van der Waals surface area contributed by atoms with Gasteiger partial charge in [0.25, 0.3) is 0 Å². The minimum absolute atomic E-state index is 0.324. The van der Waals surface area contributed by atoms with Gasteiger partial charge in [-0.05, 0) is 43.5 Å². The first-order valence-electron chi connectivity index (χ1n) is 9.76. The van der Waals surface area contributed by atoms with E-state index in [-0.39, 0.29) is 5.82 Å². The lowest BCUT2D eigenvalue weighted by Gasteiger charge is -2.23. The van der Waals surface area contributed by atoms with Gasteiger partial charge in [-0.2, -0.15) is 4.52 Å². The molecular formula is C20H23FN6. The summed E-state index contributed by atoms with van der Waals surface area (Å²) in [7, 11) is 0. The number of likely N-dealkylation sites (tertiary alicyclic amines) is 1. The molecule has 1 saturated carbocycles. The van der Waals surface area contributed by atoms with E-state index in [1.165, 1.54) is 31.7 Å². The average Bonchev–Trinajstić information content (AvgIpc) is 3.42. The molecule has 1 saturated heterocycles. The molecule has 6 nitrogen and oxygen atoms in total. The second-order valence-electron chi connectivity index (χ2n) is 7.56. The highest BCUT2D eigenvalue weighted by Gasteiger charge is 2.30. The average molecular weight is 366 g/mol. The number of rotatable bonds is 4. The van der Waals surface area contributed by atoms with E-state index in [0.29, 0.717) is 23.1 Å². The van der Waals surface area contributed by atoms with Crippen molar-refractivity contribution in [1.82, 2.24) is 24.7 Å². The molecule has 1 aromatic carbocycles. The standard InChI is InChI=1S/C20H23FN6/c21-17-8-4-3-7-16(17)20-24-23-19-10-9-18(25-27(19)20)22-14-11-12-26(13-14)15-5-1-2-6-15/h3-4,7-10,14-15H,1-2,5-6,11-13H2,(H,22,25). The number of aromatic nitrogens is 4. The smallest absolute Gasteiger partial charge is 0.188 e. The van der Waals surface area contributed by atoms with Gasteiger partial charge in [-0.1, -0.05) is 25.0 Å². The molecule has 3 heterocycles. The third-order valence-electron chi connectivity index (χ3n) is 5.79. The highest BCUT2D eigenvalue weighted by atomic mass is 19.1.